The lowest BCUT2D eigenvalue weighted by Gasteiger charge is -2.33. The average Bonchev–Trinajstić information content (AvgIpc) is 2.06. The second kappa shape index (κ2) is 4.83. The summed E-state index contributed by atoms with van der Waals surface area (Å²) in [6.07, 6.45) is -2.35. The van der Waals surface area contributed by atoms with Gasteiger partial charge in [0.05, 0.1) is 6.54 Å². The molecular weight excluding hydrogens is 209 g/mol. The van der Waals surface area contributed by atoms with E-state index in [2.05, 4.69) is 12.2 Å². The number of halogens is 3. The molecule has 0 saturated heterocycles. The van der Waals surface area contributed by atoms with Crippen molar-refractivity contribution < 1.29 is 18.0 Å². The maximum atomic E-state index is 11.7. The summed E-state index contributed by atoms with van der Waals surface area (Å²) < 4.78 is 35.1. The van der Waals surface area contributed by atoms with Gasteiger partial charge in [-0.15, -0.1) is 0 Å². The number of rotatable bonds is 4. The highest BCUT2D eigenvalue weighted by molar-refractivity contribution is 5.78. The van der Waals surface area contributed by atoms with Gasteiger partial charge in [0.2, 0.25) is 5.91 Å². The van der Waals surface area contributed by atoms with Crippen LogP contribution >= 0.6 is 0 Å². The lowest BCUT2D eigenvalue weighted by atomic mass is 9.82. The fourth-order valence-corrected chi connectivity index (χ4v) is 1.57. The molecule has 1 amide bonds. The Morgan fingerprint density at radius 2 is 2.00 bits per heavy atom. The van der Waals surface area contributed by atoms with Crippen molar-refractivity contribution in [2.24, 2.45) is 5.92 Å². The molecule has 1 fully saturated rings. The molecule has 1 aliphatic rings. The zero-order chi connectivity index (χ0) is 11.5. The first-order valence-corrected chi connectivity index (χ1v) is 4.93. The second-order valence-electron chi connectivity index (χ2n) is 4.05. The minimum absolute atomic E-state index is 0.0343. The Balaban J connectivity index is 2.04. The summed E-state index contributed by atoms with van der Waals surface area (Å²) in [6.45, 7) is 0.809. The van der Waals surface area contributed by atoms with Crippen LogP contribution in [0.4, 0.5) is 13.2 Å². The number of hydrogen-bond donors (Lipinski definition) is 2. The smallest absolute Gasteiger partial charge is 0.346 e. The van der Waals surface area contributed by atoms with Crippen LogP contribution in [0, 0.1) is 5.92 Å². The first kappa shape index (κ1) is 12.3. The summed E-state index contributed by atoms with van der Waals surface area (Å²) in [5.74, 6) is 0.0487. The van der Waals surface area contributed by atoms with Crippen molar-refractivity contribution in [3.63, 3.8) is 0 Å². The third kappa shape index (κ3) is 5.01. The third-order valence-electron chi connectivity index (χ3n) is 2.41. The molecular formula is C9H15F3N2O. The SMILES string of the molecule is CC1CC(NCC(=O)NCC(F)(F)F)C1. The summed E-state index contributed by atoms with van der Waals surface area (Å²) in [5.41, 5.74) is 0. The second-order valence-corrected chi connectivity index (χ2v) is 4.05. The van der Waals surface area contributed by atoms with Crippen LogP contribution in [0.15, 0.2) is 0 Å². The highest BCUT2D eigenvalue weighted by Gasteiger charge is 2.28. The number of hydrogen-bond acceptors (Lipinski definition) is 2. The van der Waals surface area contributed by atoms with Crippen LogP contribution in [-0.2, 0) is 4.79 Å². The van der Waals surface area contributed by atoms with Gasteiger partial charge >= 0.3 is 6.18 Å². The number of carbonyl (C=O) groups is 1. The van der Waals surface area contributed by atoms with Gasteiger partial charge in [0.1, 0.15) is 6.54 Å². The van der Waals surface area contributed by atoms with Crippen molar-refractivity contribution in [3.8, 4) is 0 Å². The van der Waals surface area contributed by atoms with E-state index in [1.165, 1.54) is 0 Å². The van der Waals surface area contributed by atoms with Crippen molar-refractivity contribution in [2.75, 3.05) is 13.1 Å². The van der Waals surface area contributed by atoms with Crippen LogP contribution in [0.5, 0.6) is 0 Å². The molecule has 1 aliphatic carbocycles. The maximum Gasteiger partial charge on any atom is 0.405 e. The summed E-state index contributed by atoms with van der Waals surface area (Å²) in [5, 5.41) is 4.72. The lowest BCUT2D eigenvalue weighted by molar-refractivity contribution is -0.138. The number of amides is 1. The van der Waals surface area contributed by atoms with Crippen LogP contribution in [0.2, 0.25) is 0 Å². The zero-order valence-electron chi connectivity index (χ0n) is 8.53. The number of carbonyl (C=O) groups excluding carboxylic acids is 1. The van der Waals surface area contributed by atoms with Gasteiger partial charge < -0.3 is 10.6 Å². The average molecular weight is 224 g/mol. The van der Waals surface area contributed by atoms with Crippen molar-refractivity contribution >= 4 is 5.91 Å². The van der Waals surface area contributed by atoms with Gasteiger partial charge in [0, 0.05) is 6.04 Å². The third-order valence-corrected chi connectivity index (χ3v) is 2.41. The van der Waals surface area contributed by atoms with Gasteiger partial charge in [-0.3, -0.25) is 4.79 Å². The minimum Gasteiger partial charge on any atom is -0.346 e. The quantitative estimate of drug-likeness (QED) is 0.749. The molecule has 0 bridgehead atoms. The van der Waals surface area contributed by atoms with E-state index in [0.717, 1.165) is 12.8 Å². The van der Waals surface area contributed by atoms with Crippen molar-refractivity contribution in [2.45, 2.75) is 32.0 Å². The number of nitrogens with one attached hydrogen (secondary N) is 2. The fourth-order valence-electron chi connectivity index (χ4n) is 1.57. The molecule has 0 atom stereocenters. The summed E-state index contributed by atoms with van der Waals surface area (Å²) in [4.78, 5) is 10.9. The molecule has 2 N–H and O–H groups in total. The van der Waals surface area contributed by atoms with E-state index in [9.17, 15) is 18.0 Å². The Kier molecular flexibility index (Phi) is 3.96. The van der Waals surface area contributed by atoms with E-state index in [1.54, 1.807) is 0 Å². The molecule has 0 aromatic heterocycles. The Morgan fingerprint density at radius 1 is 1.40 bits per heavy atom. The van der Waals surface area contributed by atoms with E-state index in [-0.39, 0.29) is 12.6 Å². The fraction of sp³-hybridized carbons (Fsp3) is 0.889. The standard InChI is InChI=1S/C9H15F3N2O/c1-6-2-7(3-6)13-4-8(15)14-5-9(10,11)12/h6-7,13H,2-5H2,1H3,(H,14,15). The van der Waals surface area contributed by atoms with Gasteiger partial charge in [0.25, 0.3) is 0 Å². The Hall–Kier alpha value is -0.780. The van der Waals surface area contributed by atoms with Gasteiger partial charge in [0.15, 0.2) is 0 Å². The van der Waals surface area contributed by atoms with Crippen molar-refractivity contribution in [1.82, 2.24) is 10.6 Å². The molecule has 0 radical (unpaired) electrons. The molecule has 6 heteroatoms. The molecule has 0 aromatic carbocycles. The van der Waals surface area contributed by atoms with Crippen molar-refractivity contribution in [1.29, 1.82) is 0 Å². The molecule has 1 rings (SSSR count). The van der Waals surface area contributed by atoms with Crippen molar-refractivity contribution in [3.05, 3.63) is 0 Å². The van der Waals surface area contributed by atoms with Crippen LogP contribution in [0.1, 0.15) is 19.8 Å². The summed E-state index contributed by atoms with van der Waals surface area (Å²) in [7, 11) is 0. The Bertz CT molecular complexity index is 224. The first-order chi connectivity index (χ1) is 6.87. The first-order valence-electron chi connectivity index (χ1n) is 4.93. The van der Waals surface area contributed by atoms with Gasteiger partial charge in [-0.25, -0.2) is 0 Å². The summed E-state index contributed by atoms with van der Waals surface area (Å²) in [6, 6.07) is 0.289. The molecule has 0 heterocycles. The maximum absolute atomic E-state index is 11.7. The van der Waals surface area contributed by atoms with Gasteiger partial charge in [-0.2, -0.15) is 13.2 Å². The van der Waals surface area contributed by atoms with E-state index >= 15 is 0 Å². The molecule has 0 aromatic rings. The van der Waals surface area contributed by atoms with Crippen LogP contribution in [-0.4, -0.2) is 31.2 Å². The topological polar surface area (TPSA) is 41.1 Å². The van der Waals surface area contributed by atoms with Crippen LogP contribution in [0.25, 0.3) is 0 Å². The highest BCUT2D eigenvalue weighted by Crippen LogP contribution is 2.25. The Labute approximate surface area is 86.4 Å². The van der Waals surface area contributed by atoms with Gasteiger partial charge in [-0.05, 0) is 18.8 Å². The van der Waals surface area contributed by atoms with E-state index in [0.29, 0.717) is 5.92 Å². The van der Waals surface area contributed by atoms with Gasteiger partial charge in [-0.1, -0.05) is 6.92 Å². The van der Waals surface area contributed by atoms with Crippen LogP contribution < -0.4 is 10.6 Å². The van der Waals surface area contributed by atoms with E-state index < -0.39 is 18.6 Å². The summed E-state index contributed by atoms with van der Waals surface area (Å²) >= 11 is 0. The monoisotopic (exact) mass is 224 g/mol. The normalized spacial score (nSPS) is 25.9. The largest absolute Gasteiger partial charge is 0.405 e. The zero-order valence-corrected chi connectivity index (χ0v) is 8.53. The molecule has 0 aliphatic heterocycles. The molecule has 1 saturated carbocycles. The lowest BCUT2D eigenvalue weighted by Crippen LogP contribution is -2.46. The Morgan fingerprint density at radius 3 is 2.47 bits per heavy atom. The molecule has 15 heavy (non-hydrogen) atoms. The number of alkyl halides is 3. The predicted molar refractivity (Wildman–Crippen MR) is 49.3 cm³/mol. The van der Waals surface area contributed by atoms with Crippen LogP contribution in [0.3, 0.4) is 0 Å². The minimum atomic E-state index is -4.33. The van der Waals surface area contributed by atoms with E-state index in [4.69, 9.17) is 0 Å². The molecule has 0 unspecified atom stereocenters. The molecule has 0 spiro atoms. The highest BCUT2D eigenvalue weighted by atomic mass is 19.4. The molecule has 88 valence electrons. The predicted octanol–water partition coefficient (Wildman–Crippen LogP) is 1.05. The molecule has 3 nitrogen and oxygen atoms in total. The van der Waals surface area contributed by atoms with E-state index in [1.807, 2.05) is 5.32 Å².